The minimum Gasteiger partial charge on any atom is -0.478 e. The fourth-order valence-corrected chi connectivity index (χ4v) is 4.79. The van der Waals surface area contributed by atoms with Gasteiger partial charge < -0.3 is 5.11 Å². The van der Waals surface area contributed by atoms with Crippen LogP contribution < -0.4 is 0 Å². The standard InChI is InChI=1S/C26H32O2/c1-8-19-14-22-23(26(6,7)17(3)25(22,4)5)15-21(19)16(2)13-18-9-11-20(12-10-18)24(27)28/h9-15,17H,8H2,1-7H3,(H,27,28)/b16-13+. The Bertz CT molecular complexity index is 943. The van der Waals surface area contributed by atoms with Crippen LogP contribution in [0.2, 0.25) is 0 Å². The van der Waals surface area contributed by atoms with Crippen molar-refractivity contribution < 1.29 is 9.90 Å². The molecule has 2 heteroatoms. The van der Waals surface area contributed by atoms with E-state index in [9.17, 15) is 4.79 Å². The van der Waals surface area contributed by atoms with Gasteiger partial charge in [-0.1, -0.05) is 71.9 Å². The van der Waals surface area contributed by atoms with E-state index in [0.717, 1.165) is 12.0 Å². The quantitative estimate of drug-likeness (QED) is 0.602. The van der Waals surface area contributed by atoms with E-state index in [0.29, 0.717) is 11.5 Å². The lowest BCUT2D eigenvalue weighted by molar-refractivity contribution is 0.0697. The number of carbonyl (C=O) groups is 1. The summed E-state index contributed by atoms with van der Waals surface area (Å²) in [5.41, 5.74) is 8.52. The zero-order valence-electron chi connectivity index (χ0n) is 18.2. The van der Waals surface area contributed by atoms with Crippen LogP contribution in [-0.4, -0.2) is 11.1 Å². The van der Waals surface area contributed by atoms with Gasteiger partial charge in [0.05, 0.1) is 5.56 Å². The predicted octanol–water partition coefficient (Wildman–Crippen LogP) is 6.71. The number of carboxylic acid groups (broad SMARTS) is 1. The Morgan fingerprint density at radius 1 is 1.04 bits per heavy atom. The zero-order valence-corrected chi connectivity index (χ0v) is 18.2. The molecule has 0 saturated carbocycles. The van der Waals surface area contributed by atoms with E-state index in [1.807, 2.05) is 12.1 Å². The highest BCUT2D eigenvalue weighted by Gasteiger charge is 2.48. The third kappa shape index (κ3) is 3.19. The maximum absolute atomic E-state index is 11.1. The molecule has 1 atom stereocenters. The van der Waals surface area contributed by atoms with Crippen LogP contribution >= 0.6 is 0 Å². The Labute approximate surface area is 169 Å². The van der Waals surface area contributed by atoms with Crippen molar-refractivity contribution in [3.05, 3.63) is 69.8 Å². The van der Waals surface area contributed by atoms with Crippen molar-refractivity contribution in [2.45, 2.75) is 65.7 Å². The highest BCUT2D eigenvalue weighted by atomic mass is 16.4. The summed E-state index contributed by atoms with van der Waals surface area (Å²) >= 11 is 0. The lowest BCUT2D eigenvalue weighted by Gasteiger charge is -2.32. The van der Waals surface area contributed by atoms with E-state index in [4.69, 9.17) is 5.11 Å². The molecule has 0 bridgehead atoms. The van der Waals surface area contributed by atoms with Gasteiger partial charge in [-0.25, -0.2) is 4.79 Å². The first-order chi connectivity index (χ1) is 13.0. The van der Waals surface area contributed by atoms with Gasteiger partial charge in [0, 0.05) is 0 Å². The average Bonchev–Trinajstić information content (AvgIpc) is 2.78. The minimum atomic E-state index is -0.891. The van der Waals surface area contributed by atoms with Crippen LogP contribution in [0.1, 0.15) is 86.6 Å². The number of hydrogen-bond acceptors (Lipinski definition) is 1. The number of benzene rings is 2. The number of allylic oxidation sites excluding steroid dienone is 1. The van der Waals surface area contributed by atoms with Crippen LogP contribution in [0.25, 0.3) is 11.6 Å². The van der Waals surface area contributed by atoms with E-state index < -0.39 is 5.97 Å². The fraction of sp³-hybridized carbons (Fsp3) is 0.423. The largest absolute Gasteiger partial charge is 0.478 e. The molecule has 3 rings (SSSR count). The van der Waals surface area contributed by atoms with E-state index >= 15 is 0 Å². The molecule has 148 valence electrons. The molecule has 0 spiro atoms. The van der Waals surface area contributed by atoms with Crippen molar-refractivity contribution in [1.82, 2.24) is 0 Å². The summed E-state index contributed by atoms with van der Waals surface area (Å²) in [5.74, 6) is -0.319. The van der Waals surface area contributed by atoms with Gasteiger partial charge in [0.25, 0.3) is 0 Å². The maximum Gasteiger partial charge on any atom is 0.335 e. The molecule has 0 heterocycles. The summed E-state index contributed by atoms with van der Waals surface area (Å²) in [6.07, 6.45) is 3.15. The van der Waals surface area contributed by atoms with Gasteiger partial charge in [-0.2, -0.15) is 0 Å². The van der Waals surface area contributed by atoms with Crippen molar-refractivity contribution in [2.24, 2.45) is 5.92 Å². The normalized spacial score (nSPS) is 20.1. The molecule has 1 aliphatic rings. The van der Waals surface area contributed by atoms with Crippen molar-refractivity contribution in [3.63, 3.8) is 0 Å². The fourth-order valence-electron chi connectivity index (χ4n) is 4.79. The Hall–Kier alpha value is -2.35. The third-order valence-electron chi connectivity index (χ3n) is 7.14. The molecule has 2 aromatic carbocycles. The molecule has 0 amide bonds. The van der Waals surface area contributed by atoms with Gasteiger partial charge in [-0.15, -0.1) is 0 Å². The number of fused-ring (bicyclic) bond motifs is 1. The molecule has 1 N–H and O–H groups in total. The Balaban J connectivity index is 2.10. The first-order valence-corrected chi connectivity index (χ1v) is 10.2. The molecule has 28 heavy (non-hydrogen) atoms. The highest BCUT2D eigenvalue weighted by molar-refractivity contribution is 5.88. The second-order valence-corrected chi connectivity index (χ2v) is 9.33. The molecule has 2 nitrogen and oxygen atoms in total. The van der Waals surface area contributed by atoms with Crippen LogP contribution in [0, 0.1) is 5.92 Å². The molecule has 0 radical (unpaired) electrons. The van der Waals surface area contributed by atoms with E-state index in [1.54, 1.807) is 12.1 Å². The van der Waals surface area contributed by atoms with Crippen LogP contribution in [0.4, 0.5) is 0 Å². The summed E-state index contributed by atoms with van der Waals surface area (Å²) in [4.78, 5) is 11.1. The Kier molecular flexibility index (Phi) is 5.04. The number of hydrogen-bond donors (Lipinski definition) is 1. The monoisotopic (exact) mass is 376 g/mol. The van der Waals surface area contributed by atoms with Crippen molar-refractivity contribution in [3.8, 4) is 0 Å². The smallest absolute Gasteiger partial charge is 0.335 e. The maximum atomic E-state index is 11.1. The van der Waals surface area contributed by atoms with Gasteiger partial charge in [-0.3, -0.25) is 0 Å². The van der Waals surface area contributed by atoms with Gasteiger partial charge in [0.1, 0.15) is 0 Å². The zero-order chi connectivity index (χ0) is 20.9. The number of rotatable bonds is 4. The molecule has 0 aromatic heterocycles. The SMILES string of the molecule is CCc1cc2c(cc1/C(C)=C/c1ccc(C(=O)O)cc1)C(C)(C)C(C)C2(C)C. The predicted molar refractivity (Wildman–Crippen MR) is 118 cm³/mol. The summed E-state index contributed by atoms with van der Waals surface area (Å²) in [7, 11) is 0. The number of aryl methyl sites for hydroxylation is 1. The lowest BCUT2D eigenvalue weighted by Crippen LogP contribution is -2.30. The highest BCUT2D eigenvalue weighted by Crippen LogP contribution is 2.54. The molecular formula is C26H32O2. The van der Waals surface area contributed by atoms with Crippen LogP contribution in [-0.2, 0) is 17.3 Å². The van der Waals surface area contributed by atoms with Crippen molar-refractivity contribution >= 4 is 17.6 Å². The second-order valence-electron chi connectivity index (χ2n) is 9.33. The van der Waals surface area contributed by atoms with Crippen LogP contribution in [0.15, 0.2) is 36.4 Å². The van der Waals surface area contributed by atoms with E-state index in [-0.39, 0.29) is 10.8 Å². The first kappa shape index (κ1) is 20.4. The van der Waals surface area contributed by atoms with Gasteiger partial charge >= 0.3 is 5.97 Å². The second kappa shape index (κ2) is 6.92. The summed E-state index contributed by atoms with van der Waals surface area (Å²) < 4.78 is 0. The number of aromatic carboxylic acids is 1. The van der Waals surface area contributed by atoms with Crippen LogP contribution in [0.5, 0.6) is 0 Å². The molecule has 0 saturated heterocycles. The molecule has 1 aliphatic carbocycles. The van der Waals surface area contributed by atoms with Gasteiger partial charge in [-0.05, 0) is 75.6 Å². The first-order valence-electron chi connectivity index (χ1n) is 10.2. The molecular weight excluding hydrogens is 344 g/mol. The average molecular weight is 377 g/mol. The van der Waals surface area contributed by atoms with Crippen molar-refractivity contribution in [1.29, 1.82) is 0 Å². The lowest BCUT2D eigenvalue weighted by atomic mass is 9.71. The molecule has 0 fully saturated rings. The summed E-state index contributed by atoms with van der Waals surface area (Å²) in [6, 6.07) is 11.9. The van der Waals surface area contributed by atoms with E-state index in [2.05, 4.69) is 66.7 Å². The van der Waals surface area contributed by atoms with Gasteiger partial charge in [0.15, 0.2) is 0 Å². The molecule has 1 unspecified atom stereocenters. The van der Waals surface area contributed by atoms with Crippen LogP contribution in [0.3, 0.4) is 0 Å². The Morgan fingerprint density at radius 2 is 1.57 bits per heavy atom. The number of carboxylic acids is 1. The summed E-state index contributed by atoms with van der Waals surface area (Å²) in [6.45, 7) is 16.2. The summed E-state index contributed by atoms with van der Waals surface area (Å²) in [5, 5.41) is 9.09. The third-order valence-corrected chi connectivity index (χ3v) is 7.14. The Morgan fingerprint density at radius 3 is 2.07 bits per heavy atom. The van der Waals surface area contributed by atoms with E-state index in [1.165, 1.54) is 27.8 Å². The molecule has 0 aliphatic heterocycles. The minimum absolute atomic E-state index is 0.142. The molecule has 2 aromatic rings. The topological polar surface area (TPSA) is 37.3 Å². The van der Waals surface area contributed by atoms with Crippen molar-refractivity contribution in [2.75, 3.05) is 0 Å². The van der Waals surface area contributed by atoms with Gasteiger partial charge in [0.2, 0.25) is 0 Å².